The summed E-state index contributed by atoms with van der Waals surface area (Å²) in [5, 5.41) is 0.770. The highest BCUT2D eigenvalue weighted by Crippen LogP contribution is 2.29. The number of benzene rings is 2. The van der Waals surface area contributed by atoms with Gasteiger partial charge in [0.25, 0.3) is 0 Å². The Morgan fingerprint density at radius 3 is 2.50 bits per heavy atom. The topological polar surface area (TPSA) is 9.23 Å². The lowest BCUT2D eigenvalue weighted by Gasteiger charge is -2.06. The number of methoxy groups -OCH3 is 1. The van der Waals surface area contributed by atoms with Crippen molar-refractivity contribution < 1.29 is 4.74 Å². The van der Waals surface area contributed by atoms with E-state index in [1.165, 1.54) is 10.5 Å². The van der Waals surface area contributed by atoms with Crippen LogP contribution in [0.25, 0.3) is 0 Å². The third-order valence-electron chi connectivity index (χ3n) is 2.44. The summed E-state index contributed by atoms with van der Waals surface area (Å²) < 4.78 is 6.19. The van der Waals surface area contributed by atoms with E-state index in [1.807, 2.05) is 30.3 Å². The SMILES string of the molecule is COc1ccc(CSc2ccc(Cl)cc2)cc1Br. The van der Waals surface area contributed by atoms with Crippen molar-refractivity contribution in [1.29, 1.82) is 0 Å². The van der Waals surface area contributed by atoms with Crippen LogP contribution in [0.15, 0.2) is 51.8 Å². The first-order valence-electron chi connectivity index (χ1n) is 5.40. The van der Waals surface area contributed by atoms with Crippen LogP contribution >= 0.6 is 39.3 Å². The minimum absolute atomic E-state index is 0.770. The van der Waals surface area contributed by atoms with Gasteiger partial charge in [0, 0.05) is 15.7 Å². The van der Waals surface area contributed by atoms with Gasteiger partial charge in [0.05, 0.1) is 11.6 Å². The standard InChI is InChI=1S/C14H12BrClOS/c1-17-14-7-2-10(8-13(14)15)9-18-12-5-3-11(16)4-6-12/h2-8H,9H2,1H3. The maximum Gasteiger partial charge on any atom is 0.133 e. The van der Waals surface area contributed by atoms with Gasteiger partial charge in [0.15, 0.2) is 0 Å². The van der Waals surface area contributed by atoms with Crippen LogP contribution in [0.5, 0.6) is 5.75 Å². The Hall–Kier alpha value is -0.640. The lowest BCUT2D eigenvalue weighted by atomic mass is 10.2. The Morgan fingerprint density at radius 2 is 1.89 bits per heavy atom. The van der Waals surface area contributed by atoms with Crippen molar-refractivity contribution in [2.45, 2.75) is 10.6 Å². The number of hydrogen-bond donors (Lipinski definition) is 0. The first kappa shape index (κ1) is 13.8. The molecular weight excluding hydrogens is 332 g/mol. The summed E-state index contributed by atoms with van der Waals surface area (Å²) in [5.74, 6) is 1.78. The van der Waals surface area contributed by atoms with Gasteiger partial charge in [-0.25, -0.2) is 0 Å². The van der Waals surface area contributed by atoms with Crippen molar-refractivity contribution in [2.24, 2.45) is 0 Å². The molecule has 0 bridgehead atoms. The minimum atomic E-state index is 0.770. The zero-order valence-electron chi connectivity index (χ0n) is 9.82. The largest absolute Gasteiger partial charge is 0.496 e. The van der Waals surface area contributed by atoms with Crippen LogP contribution in [-0.4, -0.2) is 7.11 Å². The molecule has 0 N–H and O–H groups in total. The van der Waals surface area contributed by atoms with E-state index in [-0.39, 0.29) is 0 Å². The highest BCUT2D eigenvalue weighted by molar-refractivity contribution is 9.10. The minimum Gasteiger partial charge on any atom is -0.496 e. The number of halogens is 2. The second kappa shape index (κ2) is 6.50. The van der Waals surface area contributed by atoms with E-state index in [0.717, 1.165) is 21.0 Å². The number of hydrogen-bond acceptors (Lipinski definition) is 2. The van der Waals surface area contributed by atoms with E-state index < -0.39 is 0 Å². The summed E-state index contributed by atoms with van der Waals surface area (Å²) in [4.78, 5) is 1.21. The molecule has 18 heavy (non-hydrogen) atoms. The molecule has 0 aliphatic rings. The Labute approximate surface area is 125 Å². The van der Waals surface area contributed by atoms with Gasteiger partial charge in [0.2, 0.25) is 0 Å². The highest BCUT2D eigenvalue weighted by Gasteiger charge is 2.02. The van der Waals surface area contributed by atoms with Gasteiger partial charge in [-0.1, -0.05) is 17.7 Å². The fourth-order valence-corrected chi connectivity index (χ4v) is 3.05. The normalized spacial score (nSPS) is 10.4. The lowest BCUT2D eigenvalue weighted by molar-refractivity contribution is 0.412. The third kappa shape index (κ3) is 3.67. The van der Waals surface area contributed by atoms with E-state index in [9.17, 15) is 0 Å². The van der Waals surface area contributed by atoms with Gasteiger partial charge in [-0.2, -0.15) is 0 Å². The highest BCUT2D eigenvalue weighted by atomic mass is 79.9. The van der Waals surface area contributed by atoms with E-state index >= 15 is 0 Å². The Balaban J connectivity index is 2.02. The van der Waals surface area contributed by atoms with E-state index in [1.54, 1.807) is 18.9 Å². The molecule has 0 unspecified atom stereocenters. The molecule has 0 radical (unpaired) electrons. The molecule has 94 valence electrons. The lowest BCUT2D eigenvalue weighted by Crippen LogP contribution is -1.86. The zero-order valence-corrected chi connectivity index (χ0v) is 13.0. The zero-order chi connectivity index (χ0) is 13.0. The molecule has 0 aromatic heterocycles. The van der Waals surface area contributed by atoms with Crippen molar-refractivity contribution in [3.63, 3.8) is 0 Å². The molecule has 0 aliphatic heterocycles. The molecule has 2 aromatic rings. The maximum atomic E-state index is 5.85. The summed E-state index contributed by atoms with van der Waals surface area (Å²) in [5.41, 5.74) is 1.25. The molecule has 2 rings (SSSR count). The number of thioether (sulfide) groups is 1. The summed E-state index contributed by atoms with van der Waals surface area (Å²) in [6.45, 7) is 0. The van der Waals surface area contributed by atoms with Crippen LogP contribution in [0.4, 0.5) is 0 Å². The van der Waals surface area contributed by atoms with Crippen molar-refractivity contribution in [3.05, 3.63) is 57.5 Å². The molecule has 1 nitrogen and oxygen atoms in total. The molecule has 0 heterocycles. The van der Waals surface area contributed by atoms with Gasteiger partial charge in [-0.15, -0.1) is 11.8 Å². The van der Waals surface area contributed by atoms with Gasteiger partial charge in [-0.05, 0) is 57.9 Å². The molecule has 2 aromatic carbocycles. The van der Waals surface area contributed by atoms with Crippen LogP contribution in [0.2, 0.25) is 5.02 Å². The second-order valence-electron chi connectivity index (χ2n) is 3.71. The quantitative estimate of drug-likeness (QED) is 0.687. The summed E-state index contributed by atoms with van der Waals surface area (Å²) in [6.07, 6.45) is 0. The molecule has 0 saturated heterocycles. The number of rotatable bonds is 4. The van der Waals surface area contributed by atoms with Crippen LogP contribution in [0.3, 0.4) is 0 Å². The van der Waals surface area contributed by atoms with Crippen LogP contribution < -0.4 is 4.74 Å². The van der Waals surface area contributed by atoms with Crippen molar-refractivity contribution in [2.75, 3.05) is 7.11 Å². The second-order valence-corrected chi connectivity index (χ2v) is 6.05. The molecule has 0 saturated carbocycles. The fraction of sp³-hybridized carbons (Fsp3) is 0.143. The predicted molar refractivity (Wildman–Crippen MR) is 81.7 cm³/mol. The predicted octanol–water partition coefficient (Wildman–Crippen LogP) is 5.40. The Bertz CT molecular complexity index is 528. The van der Waals surface area contributed by atoms with Gasteiger partial charge >= 0.3 is 0 Å². The first-order chi connectivity index (χ1) is 8.69. The first-order valence-corrected chi connectivity index (χ1v) is 7.55. The van der Waals surface area contributed by atoms with E-state index in [2.05, 4.69) is 28.1 Å². The van der Waals surface area contributed by atoms with Crippen LogP contribution in [0, 0.1) is 0 Å². The smallest absolute Gasteiger partial charge is 0.133 e. The monoisotopic (exact) mass is 342 g/mol. The Morgan fingerprint density at radius 1 is 1.17 bits per heavy atom. The average molecular weight is 344 g/mol. The number of ether oxygens (including phenoxy) is 1. The summed E-state index contributed by atoms with van der Waals surface area (Å²) in [6, 6.07) is 14.0. The molecule has 0 aliphatic carbocycles. The molecule has 0 fully saturated rings. The molecule has 0 amide bonds. The fourth-order valence-electron chi connectivity index (χ4n) is 1.50. The van der Waals surface area contributed by atoms with Crippen LogP contribution in [0.1, 0.15) is 5.56 Å². The van der Waals surface area contributed by atoms with Gasteiger partial charge in [0.1, 0.15) is 5.75 Å². The van der Waals surface area contributed by atoms with Crippen LogP contribution in [-0.2, 0) is 5.75 Å². The van der Waals surface area contributed by atoms with Crippen molar-refractivity contribution in [3.8, 4) is 5.75 Å². The van der Waals surface area contributed by atoms with Gasteiger partial charge in [-0.3, -0.25) is 0 Å². The van der Waals surface area contributed by atoms with E-state index in [4.69, 9.17) is 16.3 Å². The van der Waals surface area contributed by atoms with Crippen molar-refractivity contribution in [1.82, 2.24) is 0 Å². The average Bonchev–Trinajstić information content (AvgIpc) is 2.38. The Kier molecular flexibility index (Phi) is 4.98. The summed E-state index contributed by atoms with van der Waals surface area (Å²) in [7, 11) is 1.67. The molecular formula is C14H12BrClOS. The van der Waals surface area contributed by atoms with E-state index in [0.29, 0.717) is 0 Å². The van der Waals surface area contributed by atoms with Crippen molar-refractivity contribution >= 4 is 39.3 Å². The summed E-state index contributed by atoms with van der Waals surface area (Å²) >= 11 is 11.1. The molecule has 4 heteroatoms. The van der Waals surface area contributed by atoms with Gasteiger partial charge < -0.3 is 4.74 Å². The molecule has 0 spiro atoms. The molecule has 0 atom stereocenters. The maximum absolute atomic E-state index is 5.85. The third-order valence-corrected chi connectivity index (χ3v) is 4.39.